The number of carbonyl (C=O) groups is 2. The maximum Gasteiger partial charge on any atom is 0.245 e. The molecule has 0 saturated heterocycles. The van der Waals surface area contributed by atoms with Crippen molar-refractivity contribution in [1.82, 2.24) is 15.1 Å². The van der Waals surface area contributed by atoms with Crippen molar-refractivity contribution >= 4 is 28.3 Å². The van der Waals surface area contributed by atoms with Crippen molar-refractivity contribution in [2.24, 2.45) is 0 Å². The van der Waals surface area contributed by atoms with Gasteiger partial charge in [0.2, 0.25) is 16.9 Å². The molecule has 0 atom stereocenters. The molecule has 6 nitrogen and oxygen atoms in total. The van der Waals surface area contributed by atoms with E-state index in [9.17, 15) is 9.59 Å². The normalized spacial score (nSPS) is 11.0. The molecule has 4 rings (SSSR count). The summed E-state index contributed by atoms with van der Waals surface area (Å²) in [4.78, 5) is 28.4. The van der Waals surface area contributed by atoms with Gasteiger partial charge >= 0.3 is 0 Å². The fraction of sp³-hybridized carbons (Fsp3) is 0.214. The van der Waals surface area contributed by atoms with Crippen molar-refractivity contribution in [3.8, 4) is 10.6 Å². The lowest BCUT2D eigenvalue weighted by Gasteiger charge is -2.30. The summed E-state index contributed by atoms with van der Waals surface area (Å²) in [5.41, 5.74) is 3.86. The van der Waals surface area contributed by atoms with Crippen LogP contribution in [0.2, 0.25) is 0 Å². The molecule has 0 aliphatic heterocycles. The Morgan fingerprint density at radius 2 is 1.51 bits per heavy atom. The molecule has 0 unspecified atom stereocenters. The number of carbonyl (C=O) groups excluding carboxylic acids is 2. The molecule has 3 aromatic carbocycles. The SMILES string of the molecule is Cc1cccc(-c2nnc(NC(=O)CN(C(=O)C(c3ccccc3)c3ccccc3)C(C)C)s2)c1. The van der Waals surface area contributed by atoms with E-state index in [1.807, 2.05) is 106 Å². The van der Waals surface area contributed by atoms with Crippen LogP contribution in [-0.4, -0.2) is 39.5 Å². The average Bonchev–Trinajstić information content (AvgIpc) is 3.32. The Morgan fingerprint density at radius 3 is 2.09 bits per heavy atom. The van der Waals surface area contributed by atoms with Crippen molar-refractivity contribution in [3.63, 3.8) is 0 Å². The number of hydrogen-bond acceptors (Lipinski definition) is 5. The third kappa shape index (κ3) is 6.00. The van der Waals surface area contributed by atoms with Crippen LogP contribution in [0.5, 0.6) is 0 Å². The molecule has 1 aromatic heterocycles. The molecule has 1 heterocycles. The van der Waals surface area contributed by atoms with Gasteiger partial charge in [0.25, 0.3) is 0 Å². The smallest absolute Gasteiger partial charge is 0.245 e. The standard InChI is InChI=1S/C28H28N4O2S/c1-19(2)32(27(34)25(21-12-6-4-7-13-21)22-14-8-5-9-15-22)18-24(33)29-28-31-30-26(35-28)23-16-10-11-20(3)17-23/h4-17,19,25H,18H2,1-3H3,(H,29,31,33). The molecule has 2 amide bonds. The molecule has 0 aliphatic carbocycles. The number of aryl methyl sites for hydroxylation is 1. The molecule has 4 aromatic rings. The average molecular weight is 485 g/mol. The van der Waals surface area contributed by atoms with Crippen LogP contribution < -0.4 is 5.32 Å². The Balaban J connectivity index is 1.52. The molecule has 0 saturated carbocycles. The number of rotatable bonds is 8. The van der Waals surface area contributed by atoms with Crippen molar-refractivity contribution in [2.45, 2.75) is 32.7 Å². The van der Waals surface area contributed by atoms with Gasteiger partial charge in [-0.3, -0.25) is 14.9 Å². The molecule has 0 radical (unpaired) electrons. The highest BCUT2D eigenvalue weighted by Gasteiger charge is 2.30. The lowest BCUT2D eigenvalue weighted by molar-refractivity contribution is -0.137. The second-order valence-corrected chi connectivity index (χ2v) is 9.62. The maximum atomic E-state index is 13.8. The van der Waals surface area contributed by atoms with Crippen LogP contribution in [0.25, 0.3) is 10.6 Å². The second kappa shape index (κ2) is 11.1. The lowest BCUT2D eigenvalue weighted by atomic mass is 9.89. The van der Waals surface area contributed by atoms with Crippen molar-refractivity contribution in [1.29, 1.82) is 0 Å². The fourth-order valence-electron chi connectivity index (χ4n) is 3.93. The largest absolute Gasteiger partial charge is 0.330 e. The summed E-state index contributed by atoms with van der Waals surface area (Å²) in [7, 11) is 0. The predicted octanol–water partition coefficient (Wildman–Crippen LogP) is 5.52. The molecule has 1 N–H and O–H groups in total. The molecule has 7 heteroatoms. The first-order chi connectivity index (χ1) is 16.9. The molecule has 0 fully saturated rings. The zero-order valence-corrected chi connectivity index (χ0v) is 20.8. The summed E-state index contributed by atoms with van der Waals surface area (Å²) in [5, 5.41) is 12.3. The summed E-state index contributed by atoms with van der Waals surface area (Å²) in [6, 6.07) is 27.1. The Hall–Kier alpha value is -3.84. The first-order valence-corrected chi connectivity index (χ1v) is 12.3. The number of anilines is 1. The van der Waals surface area contributed by atoms with Gasteiger partial charge in [0.05, 0.1) is 5.92 Å². The van der Waals surface area contributed by atoms with Gasteiger partial charge in [-0.15, -0.1) is 10.2 Å². The van der Waals surface area contributed by atoms with E-state index in [2.05, 4.69) is 15.5 Å². The van der Waals surface area contributed by atoms with Gasteiger partial charge in [-0.1, -0.05) is 95.8 Å². The van der Waals surface area contributed by atoms with E-state index < -0.39 is 5.92 Å². The topological polar surface area (TPSA) is 75.2 Å². The summed E-state index contributed by atoms with van der Waals surface area (Å²) in [5.74, 6) is -0.925. The maximum absolute atomic E-state index is 13.8. The highest BCUT2D eigenvalue weighted by molar-refractivity contribution is 7.18. The van der Waals surface area contributed by atoms with E-state index in [4.69, 9.17) is 0 Å². The second-order valence-electron chi connectivity index (χ2n) is 8.64. The number of hydrogen-bond donors (Lipinski definition) is 1. The predicted molar refractivity (Wildman–Crippen MR) is 140 cm³/mol. The van der Waals surface area contributed by atoms with Crippen LogP contribution in [0.15, 0.2) is 84.9 Å². The quantitative estimate of drug-likeness (QED) is 0.357. The molecular formula is C28H28N4O2S. The zero-order valence-electron chi connectivity index (χ0n) is 20.0. The minimum atomic E-state index is -0.498. The van der Waals surface area contributed by atoms with Crippen LogP contribution >= 0.6 is 11.3 Å². The fourth-order valence-corrected chi connectivity index (χ4v) is 4.69. The third-order valence-electron chi connectivity index (χ3n) is 5.67. The number of nitrogens with zero attached hydrogens (tertiary/aromatic N) is 3. The molecule has 0 spiro atoms. The molecular weight excluding hydrogens is 456 g/mol. The van der Waals surface area contributed by atoms with E-state index in [1.165, 1.54) is 11.3 Å². The number of benzene rings is 3. The summed E-state index contributed by atoms with van der Waals surface area (Å²) >= 11 is 1.31. The minimum Gasteiger partial charge on any atom is -0.330 e. The Kier molecular flexibility index (Phi) is 7.67. The van der Waals surface area contributed by atoms with Gasteiger partial charge in [0.1, 0.15) is 11.6 Å². The Labute approximate surface area is 209 Å². The van der Waals surface area contributed by atoms with E-state index in [1.54, 1.807) is 4.90 Å². The van der Waals surface area contributed by atoms with E-state index >= 15 is 0 Å². The van der Waals surface area contributed by atoms with Gasteiger partial charge < -0.3 is 4.90 Å². The van der Waals surface area contributed by atoms with E-state index in [0.717, 1.165) is 27.3 Å². The number of nitrogens with one attached hydrogen (secondary N) is 1. The van der Waals surface area contributed by atoms with Crippen molar-refractivity contribution in [2.75, 3.05) is 11.9 Å². The minimum absolute atomic E-state index is 0.0774. The molecule has 0 bridgehead atoms. The molecule has 0 aliphatic rings. The highest BCUT2D eigenvalue weighted by atomic mass is 32.1. The molecule has 178 valence electrons. The summed E-state index contributed by atoms with van der Waals surface area (Å²) in [6.07, 6.45) is 0. The van der Waals surface area contributed by atoms with Crippen molar-refractivity contribution < 1.29 is 9.59 Å². The molecule has 35 heavy (non-hydrogen) atoms. The number of aromatic nitrogens is 2. The van der Waals surface area contributed by atoms with Crippen LogP contribution in [0.1, 0.15) is 36.5 Å². The van der Waals surface area contributed by atoms with Gasteiger partial charge in [0.15, 0.2) is 0 Å². The van der Waals surface area contributed by atoms with Gasteiger partial charge in [-0.25, -0.2) is 0 Å². The zero-order chi connectivity index (χ0) is 24.8. The lowest BCUT2D eigenvalue weighted by Crippen LogP contribution is -2.44. The van der Waals surface area contributed by atoms with Gasteiger partial charge in [-0.05, 0) is 38.0 Å². The van der Waals surface area contributed by atoms with E-state index in [0.29, 0.717) is 5.13 Å². The van der Waals surface area contributed by atoms with Crippen molar-refractivity contribution in [3.05, 3.63) is 102 Å². The van der Waals surface area contributed by atoms with Crippen LogP contribution in [0.4, 0.5) is 5.13 Å². The van der Waals surface area contributed by atoms with Gasteiger partial charge in [0, 0.05) is 11.6 Å². The first kappa shape index (κ1) is 24.3. The van der Waals surface area contributed by atoms with Crippen LogP contribution in [0, 0.1) is 6.92 Å². The number of amides is 2. The summed E-state index contributed by atoms with van der Waals surface area (Å²) < 4.78 is 0. The first-order valence-electron chi connectivity index (χ1n) is 11.5. The van der Waals surface area contributed by atoms with Crippen LogP contribution in [-0.2, 0) is 9.59 Å². The third-order valence-corrected chi connectivity index (χ3v) is 6.56. The Morgan fingerprint density at radius 1 is 0.886 bits per heavy atom. The summed E-state index contributed by atoms with van der Waals surface area (Å²) in [6.45, 7) is 5.77. The Bertz CT molecular complexity index is 1250. The van der Waals surface area contributed by atoms with Crippen LogP contribution in [0.3, 0.4) is 0 Å². The highest BCUT2D eigenvalue weighted by Crippen LogP contribution is 2.29. The van der Waals surface area contributed by atoms with Gasteiger partial charge in [-0.2, -0.15) is 0 Å². The van der Waals surface area contributed by atoms with E-state index in [-0.39, 0.29) is 24.4 Å². The monoisotopic (exact) mass is 484 g/mol.